The first-order valence-corrected chi connectivity index (χ1v) is 12.6. The Morgan fingerprint density at radius 3 is 2.64 bits per heavy atom. The van der Waals surface area contributed by atoms with Crippen molar-refractivity contribution < 1.29 is 18.8 Å². The zero-order valence-corrected chi connectivity index (χ0v) is 20.3. The summed E-state index contributed by atoms with van der Waals surface area (Å²) in [6, 6.07) is 8.64. The van der Waals surface area contributed by atoms with Crippen LogP contribution < -0.4 is 5.32 Å². The minimum Gasteiger partial charge on any atom is -0.361 e. The number of imide groups is 1. The predicted octanol–water partition coefficient (Wildman–Crippen LogP) is 3.76. The van der Waals surface area contributed by atoms with Crippen molar-refractivity contribution in [3.8, 4) is 0 Å². The van der Waals surface area contributed by atoms with Gasteiger partial charge in [0.2, 0.25) is 11.8 Å². The van der Waals surface area contributed by atoms with E-state index < -0.39 is 17.8 Å². The zero-order valence-electron chi connectivity index (χ0n) is 20.3. The van der Waals surface area contributed by atoms with Crippen molar-refractivity contribution in [2.75, 3.05) is 13.1 Å². The number of aromatic nitrogens is 1. The number of carbonyl (C=O) groups excluding carboxylic acids is 3. The third-order valence-electron chi connectivity index (χ3n) is 8.00. The first-order chi connectivity index (χ1) is 17.4. The Bertz CT molecular complexity index is 1390. The Hall–Kier alpha value is -3.52. The van der Waals surface area contributed by atoms with Crippen LogP contribution in [0, 0.1) is 12.7 Å². The van der Waals surface area contributed by atoms with E-state index in [4.69, 9.17) is 0 Å². The highest BCUT2D eigenvalue weighted by molar-refractivity contribution is 6.05. The molecule has 0 radical (unpaired) electrons. The summed E-state index contributed by atoms with van der Waals surface area (Å²) in [5, 5.41) is 3.57. The molecule has 6 rings (SSSR count). The monoisotopic (exact) mass is 488 g/mol. The summed E-state index contributed by atoms with van der Waals surface area (Å²) in [6.45, 7) is 5.01. The van der Waals surface area contributed by atoms with Gasteiger partial charge in [-0.15, -0.1) is 0 Å². The van der Waals surface area contributed by atoms with E-state index in [1.54, 1.807) is 6.07 Å². The van der Waals surface area contributed by atoms with Gasteiger partial charge in [0.15, 0.2) is 0 Å². The van der Waals surface area contributed by atoms with Gasteiger partial charge in [-0.05, 0) is 85.6 Å². The van der Waals surface area contributed by atoms with E-state index >= 15 is 0 Å². The third-order valence-corrected chi connectivity index (χ3v) is 8.00. The molecule has 2 aromatic carbocycles. The van der Waals surface area contributed by atoms with E-state index in [0.717, 1.165) is 49.1 Å². The lowest BCUT2D eigenvalue weighted by molar-refractivity contribution is -0.136. The zero-order chi connectivity index (χ0) is 25.0. The van der Waals surface area contributed by atoms with Gasteiger partial charge in [-0.25, -0.2) is 4.39 Å². The number of benzene rings is 2. The van der Waals surface area contributed by atoms with Gasteiger partial charge in [0.1, 0.15) is 11.9 Å². The maximum Gasteiger partial charge on any atom is 0.255 e. The van der Waals surface area contributed by atoms with Crippen LogP contribution in [0.4, 0.5) is 4.39 Å². The molecule has 36 heavy (non-hydrogen) atoms. The Balaban J connectivity index is 1.17. The Morgan fingerprint density at radius 1 is 1.06 bits per heavy atom. The summed E-state index contributed by atoms with van der Waals surface area (Å²) in [5.41, 5.74) is 5.73. The fourth-order valence-corrected chi connectivity index (χ4v) is 6.09. The van der Waals surface area contributed by atoms with Crippen LogP contribution in [0.5, 0.6) is 0 Å². The third kappa shape index (κ3) is 3.99. The van der Waals surface area contributed by atoms with Crippen LogP contribution in [-0.4, -0.2) is 51.6 Å². The molecule has 1 atom stereocenters. The van der Waals surface area contributed by atoms with Crippen LogP contribution in [-0.2, 0) is 22.7 Å². The van der Waals surface area contributed by atoms with Gasteiger partial charge in [-0.1, -0.05) is 12.1 Å². The van der Waals surface area contributed by atoms with Gasteiger partial charge < -0.3 is 9.88 Å². The first-order valence-electron chi connectivity index (χ1n) is 12.6. The first kappa shape index (κ1) is 22.9. The molecule has 186 valence electrons. The molecule has 0 saturated carbocycles. The number of carbonyl (C=O) groups is 3. The molecule has 0 spiro atoms. The largest absolute Gasteiger partial charge is 0.361 e. The van der Waals surface area contributed by atoms with Crippen molar-refractivity contribution in [3.63, 3.8) is 0 Å². The number of nitrogens with one attached hydrogen (secondary N) is 2. The van der Waals surface area contributed by atoms with Crippen molar-refractivity contribution in [3.05, 3.63) is 70.2 Å². The highest BCUT2D eigenvalue weighted by atomic mass is 19.1. The summed E-state index contributed by atoms with van der Waals surface area (Å²) < 4.78 is 14.6. The number of likely N-dealkylation sites (tertiary alicyclic amines) is 1. The van der Waals surface area contributed by atoms with Gasteiger partial charge in [-0.3, -0.25) is 24.6 Å². The molecule has 2 fully saturated rings. The normalized spacial score (nSPS) is 21.3. The summed E-state index contributed by atoms with van der Waals surface area (Å²) in [5.74, 6) is -1.35. The van der Waals surface area contributed by atoms with Crippen molar-refractivity contribution >= 4 is 28.6 Å². The number of nitrogens with zero attached hydrogens (tertiary/aromatic N) is 2. The van der Waals surface area contributed by atoms with Crippen molar-refractivity contribution in [2.45, 2.75) is 57.7 Å². The molecule has 3 amide bonds. The maximum atomic E-state index is 14.6. The summed E-state index contributed by atoms with van der Waals surface area (Å²) in [6.07, 6.45) is 4.35. The van der Waals surface area contributed by atoms with Crippen LogP contribution in [0.2, 0.25) is 0 Å². The number of rotatable bonds is 4. The lowest BCUT2D eigenvalue weighted by atomic mass is 9.85. The van der Waals surface area contributed by atoms with Crippen LogP contribution in [0.25, 0.3) is 10.9 Å². The van der Waals surface area contributed by atoms with Crippen molar-refractivity contribution in [1.82, 2.24) is 20.1 Å². The Kier molecular flexibility index (Phi) is 5.63. The summed E-state index contributed by atoms with van der Waals surface area (Å²) >= 11 is 0. The highest BCUT2D eigenvalue weighted by Crippen LogP contribution is 2.38. The number of hydrogen-bond donors (Lipinski definition) is 2. The molecular formula is C28H29FN4O3. The molecule has 2 N–H and O–H groups in total. The fraction of sp³-hybridized carbons (Fsp3) is 0.393. The summed E-state index contributed by atoms with van der Waals surface area (Å²) in [4.78, 5) is 44.4. The van der Waals surface area contributed by atoms with Crippen LogP contribution in [0.1, 0.15) is 64.2 Å². The standard InChI is InChI=1S/C28H29FN4O3/c1-16-2-3-20-18(13-30-24(20)10-16)14-32-8-6-17(7-9-32)21-11-19(29)12-22-23(21)15-33(28(22)36)25-4-5-26(34)31-27(25)35/h2-3,10-13,17,25,30H,4-9,14-15H2,1H3,(H,31,34,35). The fourth-order valence-electron chi connectivity index (χ4n) is 6.09. The topological polar surface area (TPSA) is 85.5 Å². The molecule has 3 aromatic rings. The second-order valence-electron chi connectivity index (χ2n) is 10.3. The maximum absolute atomic E-state index is 14.6. The second-order valence-corrected chi connectivity index (χ2v) is 10.3. The highest BCUT2D eigenvalue weighted by Gasteiger charge is 2.41. The minimum absolute atomic E-state index is 0.158. The second kappa shape index (κ2) is 8.85. The van der Waals surface area contributed by atoms with Crippen LogP contribution in [0.15, 0.2) is 36.5 Å². The average Bonchev–Trinajstić information content (AvgIpc) is 3.39. The van der Waals surface area contributed by atoms with E-state index in [2.05, 4.69) is 46.5 Å². The average molecular weight is 489 g/mol. The molecule has 0 aliphatic carbocycles. The van der Waals surface area contributed by atoms with E-state index in [0.29, 0.717) is 12.0 Å². The number of halogens is 1. The number of aryl methyl sites for hydroxylation is 1. The molecule has 8 heteroatoms. The van der Waals surface area contributed by atoms with Gasteiger partial charge in [-0.2, -0.15) is 0 Å². The lowest BCUT2D eigenvalue weighted by Crippen LogP contribution is -2.52. The van der Waals surface area contributed by atoms with Gasteiger partial charge in [0, 0.05) is 42.2 Å². The van der Waals surface area contributed by atoms with Crippen molar-refractivity contribution in [1.29, 1.82) is 0 Å². The smallest absolute Gasteiger partial charge is 0.255 e. The van der Waals surface area contributed by atoms with E-state index in [-0.39, 0.29) is 30.7 Å². The number of fused-ring (bicyclic) bond motifs is 2. The molecular weight excluding hydrogens is 459 g/mol. The van der Waals surface area contributed by atoms with Gasteiger partial charge in [0.25, 0.3) is 5.91 Å². The predicted molar refractivity (Wildman–Crippen MR) is 133 cm³/mol. The van der Waals surface area contributed by atoms with Crippen molar-refractivity contribution in [2.24, 2.45) is 0 Å². The molecule has 3 aliphatic rings. The molecule has 1 aromatic heterocycles. The number of aromatic amines is 1. The van der Waals surface area contributed by atoms with Crippen LogP contribution in [0.3, 0.4) is 0 Å². The van der Waals surface area contributed by atoms with E-state index in [9.17, 15) is 18.8 Å². The minimum atomic E-state index is -0.694. The van der Waals surface area contributed by atoms with E-state index in [1.165, 1.54) is 27.5 Å². The molecule has 3 aliphatic heterocycles. The summed E-state index contributed by atoms with van der Waals surface area (Å²) in [7, 11) is 0. The molecule has 0 bridgehead atoms. The van der Waals surface area contributed by atoms with Gasteiger partial charge >= 0.3 is 0 Å². The number of amides is 3. The SMILES string of the molecule is Cc1ccc2c(CN3CCC(c4cc(F)cc5c4CN(C4CCC(=O)NC4=O)C5=O)CC3)c[nH]c2c1. The number of piperidine rings is 2. The Morgan fingerprint density at radius 2 is 1.86 bits per heavy atom. The van der Waals surface area contributed by atoms with Crippen LogP contribution >= 0.6 is 0 Å². The quantitative estimate of drug-likeness (QED) is 0.548. The van der Waals surface area contributed by atoms with Gasteiger partial charge in [0.05, 0.1) is 0 Å². The molecule has 4 heterocycles. The molecule has 2 saturated heterocycles. The Labute approximate surface area is 208 Å². The molecule has 1 unspecified atom stereocenters. The number of hydrogen-bond acceptors (Lipinski definition) is 4. The molecule has 7 nitrogen and oxygen atoms in total. The number of H-pyrrole nitrogens is 1. The lowest BCUT2D eigenvalue weighted by Gasteiger charge is -2.33. The van der Waals surface area contributed by atoms with E-state index in [1.807, 2.05) is 0 Å².